The summed E-state index contributed by atoms with van der Waals surface area (Å²) in [6.45, 7) is 4.08. The molecule has 1 atom stereocenters. The highest BCUT2D eigenvalue weighted by Crippen LogP contribution is 2.33. The predicted octanol–water partition coefficient (Wildman–Crippen LogP) is 7.58. The molecule has 0 saturated carbocycles. The Kier molecular flexibility index (Phi) is 13.5. The van der Waals surface area contributed by atoms with Crippen molar-refractivity contribution in [3.8, 4) is 11.1 Å². The van der Waals surface area contributed by atoms with Crippen LogP contribution in [-0.4, -0.2) is 95.5 Å². The van der Waals surface area contributed by atoms with E-state index < -0.39 is 26.7 Å². The Morgan fingerprint density at radius 2 is 1.71 bits per heavy atom. The van der Waals surface area contributed by atoms with E-state index in [1.165, 1.54) is 46.2 Å². The van der Waals surface area contributed by atoms with Crippen molar-refractivity contribution in [3.05, 3.63) is 135 Å². The van der Waals surface area contributed by atoms with Gasteiger partial charge in [-0.25, -0.2) is 18.4 Å². The molecule has 0 radical (unpaired) electrons. The molecule has 1 aromatic heterocycles. The van der Waals surface area contributed by atoms with Crippen LogP contribution in [0.15, 0.2) is 113 Å². The molecule has 1 fully saturated rings. The summed E-state index contributed by atoms with van der Waals surface area (Å²) in [4.78, 5) is 40.4. The number of rotatable bonds is 15. The molecule has 0 aliphatic carbocycles. The van der Waals surface area contributed by atoms with Gasteiger partial charge in [0, 0.05) is 79.5 Å². The molecule has 1 amide bonds. The number of nitro groups is 1. The maximum Gasteiger partial charge on any atom is 0.293 e. The third kappa shape index (κ3) is 10.6. The number of nitrogens with one attached hydrogen (secondary N) is 2. The molecule has 59 heavy (non-hydrogen) atoms. The number of carbonyl (C=O) groups excluding carboxylic acids is 1. The summed E-state index contributed by atoms with van der Waals surface area (Å²) in [6.07, 6.45) is 4.01. The molecule has 0 spiro atoms. The zero-order chi connectivity index (χ0) is 41.5. The first-order valence-electron chi connectivity index (χ1n) is 19.5. The Balaban J connectivity index is 0.993. The quantitative estimate of drug-likeness (QED) is 0.0609. The lowest BCUT2D eigenvalue weighted by molar-refractivity contribution is -0.384. The summed E-state index contributed by atoms with van der Waals surface area (Å²) in [6, 6.07) is 29.7. The molecular weight excluding hydrogens is 808 g/mol. The van der Waals surface area contributed by atoms with E-state index >= 15 is 0 Å². The maximum absolute atomic E-state index is 13.8. The van der Waals surface area contributed by atoms with Crippen molar-refractivity contribution in [3.63, 3.8) is 0 Å². The van der Waals surface area contributed by atoms with Gasteiger partial charge in [-0.05, 0) is 85.4 Å². The number of aromatic nitrogens is 2. The molecule has 13 nitrogen and oxygen atoms in total. The largest absolute Gasteiger partial charge is 0.375 e. The average Bonchev–Trinajstić information content (AvgIpc) is 3.23. The minimum absolute atomic E-state index is 0.0852. The van der Waals surface area contributed by atoms with Gasteiger partial charge in [-0.2, -0.15) is 0 Å². The van der Waals surface area contributed by atoms with E-state index in [2.05, 4.69) is 66.2 Å². The van der Waals surface area contributed by atoms with Crippen molar-refractivity contribution in [1.29, 1.82) is 0 Å². The van der Waals surface area contributed by atoms with Crippen LogP contribution < -0.4 is 10.0 Å². The van der Waals surface area contributed by atoms with Gasteiger partial charge < -0.3 is 10.2 Å². The minimum atomic E-state index is -4.28. The molecule has 1 saturated heterocycles. The molecular formula is C43H47ClN8O5S2. The van der Waals surface area contributed by atoms with Gasteiger partial charge in [0.1, 0.15) is 17.8 Å². The Labute approximate surface area is 354 Å². The van der Waals surface area contributed by atoms with E-state index in [1.807, 2.05) is 42.5 Å². The fourth-order valence-corrected chi connectivity index (χ4v) is 9.78. The zero-order valence-corrected chi connectivity index (χ0v) is 35.3. The van der Waals surface area contributed by atoms with Crippen LogP contribution >= 0.6 is 23.4 Å². The van der Waals surface area contributed by atoms with E-state index in [0.717, 1.165) is 71.8 Å². The number of carbonyl (C=O) groups is 1. The Hall–Kier alpha value is -5.06. The number of halogens is 1. The molecule has 2 N–H and O–H groups in total. The highest BCUT2D eigenvalue weighted by molar-refractivity contribution is 7.99. The molecule has 4 aromatic carbocycles. The first kappa shape index (κ1) is 42.1. The number of nitro benzene ring substituents is 1. The third-order valence-electron chi connectivity index (χ3n) is 10.9. The lowest BCUT2D eigenvalue weighted by atomic mass is 9.96. The van der Waals surface area contributed by atoms with E-state index in [-0.39, 0.29) is 28.7 Å². The Morgan fingerprint density at radius 3 is 2.44 bits per heavy atom. The molecule has 5 aromatic rings. The van der Waals surface area contributed by atoms with Crippen LogP contribution in [0.2, 0.25) is 5.02 Å². The Morgan fingerprint density at radius 1 is 0.983 bits per heavy atom. The van der Waals surface area contributed by atoms with E-state index in [0.29, 0.717) is 24.8 Å². The van der Waals surface area contributed by atoms with Crippen molar-refractivity contribution >= 4 is 56.5 Å². The standard InChI is InChI=1S/C43H47ClN8O5S2/c1-49(2)42(53)24-33(28-58-35-9-4-3-5-10-35)47-39-17-16-36(25-41(39)52(54)55)59(56,57)48-43-38-20-23-51(27-40(38)45-29-46-43)34-18-21-50(22-19-34)26-31-8-6-7-11-37(31)30-12-14-32(44)15-13-30/h3-17,25,29,33-34,47H,18-24,26-28H2,1-2H3,(H,45,46,48). The van der Waals surface area contributed by atoms with Crippen LogP contribution in [0.4, 0.5) is 17.2 Å². The molecule has 2 aliphatic heterocycles. The van der Waals surface area contributed by atoms with Crippen molar-refractivity contribution in [2.75, 3.05) is 49.5 Å². The van der Waals surface area contributed by atoms with Crippen molar-refractivity contribution in [1.82, 2.24) is 24.7 Å². The number of hydrogen-bond donors (Lipinski definition) is 2. The Bertz CT molecular complexity index is 2380. The first-order chi connectivity index (χ1) is 28.4. The van der Waals surface area contributed by atoms with Gasteiger partial charge in [-0.15, -0.1) is 11.8 Å². The second-order valence-electron chi connectivity index (χ2n) is 15.0. The number of amides is 1. The van der Waals surface area contributed by atoms with Crippen LogP contribution in [0, 0.1) is 10.1 Å². The third-order valence-corrected chi connectivity index (χ3v) is 13.6. The van der Waals surface area contributed by atoms with Crippen molar-refractivity contribution in [2.24, 2.45) is 0 Å². The molecule has 308 valence electrons. The van der Waals surface area contributed by atoms with Gasteiger partial charge >= 0.3 is 0 Å². The predicted molar refractivity (Wildman–Crippen MR) is 233 cm³/mol. The molecule has 7 rings (SSSR count). The van der Waals surface area contributed by atoms with Gasteiger partial charge in [-0.1, -0.05) is 66.2 Å². The number of anilines is 2. The second-order valence-corrected chi connectivity index (χ2v) is 18.3. The van der Waals surface area contributed by atoms with Gasteiger partial charge in [-0.3, -0.25) is 29.4 Å². The van der Waals surface area contributed by atoms with Crippen molar-refractivity contribution in [2.45, 2.75) is 60.6 Å². The monoisotopic (exact) mass is 854 g/mol. The van der Waals surface area contributed by atoms with Gasteiger partial charge in [0.25, 0.3) is 15.7 Å². The van der Waals surface area contributed by atoms with Gasteiger partial charge in [0.05, 0.1) is 15.5 Å². The number of sulfonamides is 1. The minimum Gasteiger partial charge on any atom is -0.375 e. The van der Waals surface area contributed by atoms with Crippen LogP contribution in [0.1, 0.15) is 36.1 Å². The number of thioether (sulfide) groups is 1. The summed E-state index contributed by atoms with van der Waals surface area (Å²) < 4.78 is 30.2. The highest BCUT2D eigenvalue weighted by Gasteiger charge is 2.31. The van der Waals surface area contributed by atoms with Crippen LogP contribution in [0.3, 0.4) is 0 Å². The SMILES string of the molecule is CN(C)C(=O)CC(CSc1ccccc1)Nc1ccc(S(=O)(=O)Nc2ncnc3c2CCN(C2CCN(Cc4ccccc4-c4ccc(Cl)cc4)CC2)C3)cc1[N+](=O)[O-]. The number of fused-ring (bicyclic) bond motifs is 1. The van der Waals surface area contributed by atoms with Crippen LogP contribution in [0.25, 0.3) is 11.1 Å². The summed E-state index contributed by atoms with van der Waals surface area (Å²) in [5.41, 5.74) is 4.83. The summed E-state index contributed by atoms with van der Waals surface area (Å²) in [5.74, 6) is 0.472. The smallest absolute Gasteiger partial charge is 0.293 e. The first-order valence-corrected chi connectivity index (χ1v) is 22.4. The highest BCUT2D eigenvalue weighted by atomic mass is 35.5. The van der Waals surface area contributed by atoms with E-state index in [4.69, 9.17) is 11.6 Å². The van der Waals surface area contributed by atoms with Crippen LogP contribution in [0.5, 0.6) is 0 Å². The lowest BCUT2D eigenvalue weighted by Crippen LogP contribution is -2.46. The number of likely N-dealkylation sites (tertiary alicyclic amines) is 1. The summed E-state index contributed by atoms with van der Waals surface area (Å²) in [7, 11) is -0.970. The summed E-state index contributed by atoms with van der Waals surface area (Å²) in [5, 5.41) is 16.2. The average molecular weight is 855 g/mol. The van der Waals surface area contributed by atoms with Crippen molar-refractivity contribution < 1.29 is 18.1 Å². The normalized spacial score (nSPS) is 15.6. The lowest BCUT2D eigenvalue weighted by Gasteiger charge is -2.40. The van der Waals surface area contributed by atoms with Gasteiger partial charge in [0.2, 0.25) is 5.91 Å². The van der Waals surface area contributed by atoms with Crippen LogP contribution in [-0.2, 0) is 34.3 Å². The molecule has 16 heteroatoms. The molecule has 1 unspecified atom stereocenters. The zero-order valence-electron chi connectivity index (χ0n) is 33.0. The van der Waals surface area contributed by atoms with E-state index in [1.54, 1.807) is 14.1 Å². The number of hydrogen-bond acceptors (Lipinski definition) is 11. The fourth-order valence-electron chi connectivity index (χ4n) is 7.64. The number of piperidine rings is 1. The van der Waals surface area contributed by atoms with Gasteiger partial charge in [0.15, 0.2) is 0 Å². The second kappa shape index (κ2) is 18.9. The molecule has 0 bridgehead atoms. The summed E-state index contributed by atoms with van der Waals surface area (Å²) >= 11 is 7.66. The maximum atomic E-state index is 13.8. The molecule has 2 aliphatic rings. The topological polar surface area (TPSA) is 154 Å². The molecule has 3 heterocycles. The number of nitrogens with zero attached hydrogens (tertiary/aromatic N) is 6. The fraction of sp³-hybridized carbons (Fsp3) is 0.326. The van der Waals surface area contributed by atoms with E-state index in [9.17, 15) is 23.3 Å². The number of benzene rings is 4.